The number of hydrogen-bond donors (Lipinski definition) is 1. The van der Waals surface area contributed by atoms with Crippen LogP contribution in [0.2, 0.25) is 10.0 Å². The number of nitrogens with one attached hydrogen (secondary N) is 1. The number of benzene rings is 2. The van der Waals surface area contributed by atoms with Crippen LogP contribution in [0.3, 0.4) is 0 Å². The Kier molecular flexibility index (Phi) is 5.55. The lowest BCUT2D eigenvalue weighted by atomic mass is 10.2. The van der Waals surface area contributed by atoms with Gasteiger partial charge in [0.25, 0.3) is 0 Å². The highest BCUT2D eigenvalue weighted by atomic mass is 35.5. The van der Waals surface area contributed by atoms with E-state index in [2.05, 4.69) is 40.4 Å². The van der Waals surface area contributed by atoms with Crippen molar-refractivity contribution < 1.29 is 4.90 Å². The quantitative estimate of drug-likeness (QED) is 0.842. The minimum atomic E-state index is 0.634. The van der Waals surface area contributed by atoms with Crippen LogP contribution in [0.15, 0.2) is 53.6 Å². The first-order valence-corrected chi connectivity index (χ1v) is 8.58. The minimum Gasteiger partial charge on any atom is -0.328 e. The molecule has 1 N–H and O–H groups in total. The summed E-state index contributed by atoms with van der Waals surface area (Å²) in [4.78, 5) is 1.60. The molecule has 2 aromatic rings. The average molecular weight is 349 g/mol. The fourth-order valence-corrected chi connectivity index (χ4v) is 3.26. The van der Waals surface area contributed by atoms with Crippen molar-refractivity contribution in [2.24, 2.45) is 5.10 Å². The summed E-state index contributed by atoms with van der Waals surface area (Å²) in [6.07, 6.45) is 1.77. The number of nitrogens with zero attached hydrogens (tertiary/aromatic N) is 2. The summed E-state index contributed by atoms with van der Waals surface area (Å²) in [5, 5.41) is 7.90. The molecule has 3 rings (SSSR count). The standard InChI is InChI=1S/C18H19Cl2N3/c19-17-7-4-8-18(20)16(17)13-21-23-11-9-22(10-12-23)14-15-5-2-1-3-6-15/h1-8,13H,9-12,14H2/p+1/b21-13-. The predicted molar refractivity (Wildman–Crippen MR) is 96.5 cm³/mol. The molecule has 1 aliphatic rings. The topological polar surface area (TPSA) is 20.0 Å². The molecule has 1 heterocycles. The second-order valence-electron chi connectivity index (χ2n) is 5.75. The van der Waals surface area contributed by atoms with Gasteiger partial charge in [-0.3, -0.25) is 5.01 Å². The van der Waals surface area contributed by atoms with Crippen LogP contribution in [0.5, 0.6) is 0 Å². The van der Waals surface area contributed by atoms with E-state index in [-0.39, 0.29) is 0 Å². The predicted octanol–water partition coefficient (Wildman–Crippen LogP) is 2.73. The van der Waals surface area contributed by atoms with E-state index in [0.29, 0.717) is 10.0 Å². The van der Waals surface area contributed by atoms with Gasteiger partial charge in [0.1, 0.15) is 6.54 Å². The van der Waals surface area contributed by atoms with Crippen molar-refractivity contribution in [1.82, 2.24) is 5.01 Å². The second-order valence-corrected chi connectivity index (χ2v) is 6.56. The Morgan fingerprint density at radius 3 is 2.26 bits per heavy atom. The van der Waals surface area contributed by atoms with Gasteiger partial charge >= 0.3 is 0 Å². The van der Waals surface area contributed by atoms with Gasteiger partial charge in [0, 0.05) is 11.1 Å². The lowest BCUT2D eigenvalue weighted by Gasteiger charge is -2.30. The molecule has 0 unspecified atom stereocenters. The Morgan fingerprint density at radius 2 is 1.61 bits per heavy atom. The average Bonchev–Trinajstić information content (AvgIpc) is 2.57. The number of quaternary nitrogens is 1. The van der Waals surface area contributed by atoms with Crippen molar-refractivity contribution in [3.63, 3.8) is 0 Å². The van der Waals surface area contributed by atoms with E-state index in [0.717, 1.165) is 38.3 Å². The molecule has 2 aromatic carbocycles. The first-order chi connectivity index (χ1) is 11.2. The molecule has 0 aromatic heterocycles. The van der Waals surface area contributed by atoms with Crippen LogP contribution in [0.25, 0.3) is 0 Å². The summed E-state index contributed by atoms with van der Waals surface area (Å²) < 4.78 is 0. The first-order valence-electron chi connectivity index (χ1n) is 7.83. The van der Waals surface area contributed by atoms with Crippen LogP contribution in [0.4, 0.5) is 0 Å². The molecule has 0 aliphatic carbocycles. The summed E-state index contributed by atoms with van der Waals surface area (Å²) in [6.45, 7) is 5.14. The maximum Gasteiger partial charge on any atom is 0.103 e. The van der Waals surface area contributed by atoms with Crippen LogP contribution in [0, 0.1) is 0 Å². The molecular formula is C18H20Cl2N3+. The highest BCUT2D eigenvalue weighted by molar-refractivity contribution is 6.38. The van der Waals surface area contributed by atoms with Crippen molar-refractivity contribution in [3.8, 4) is 0 Å². The van der Waals surface area contributed by atoms with Crippen LogP contribution in [0.1, 0.15) is 11.1 Å². The van der Waals surface area contributed by atoms with Gasteiger partial charge in [0.05, 0.1) is 42.4 Å². The maximum atomic E-state index is 6.16. The van der Waals surface area contributed by atoms with Gasteiger partial charge < -0.3 is 4.90 Å². The van der Waals surface area contributed by atoms with Crippen LogP contribution in [-0.4, -0.2) is 37.4 Å². The van der Waals surface area contributed by atoms with Crippen molar-refractivity contribution >= 4 is 29.4 Å². The summed E-state index contributed by atoms with van der Waals surface area (Å²) >= 11 is 12.3. The molecule has 0 amide bonds. The molecule has 5 heteroatoms. The molecule has 23 heavy (non-hydrogen) atoms. The fraction of sp³-hybridized carbons (Fsp3) is 0.278. The summed E-state index contributed by atoms with van der Waals surface area (Å²) in [6, 6.07) is 16.1. The van der Waals surface area contributed by atoms with E-state index >= 15 is 0 Å². The molecule has 1 aliphatic heterocycles. The number of halogens is 2. The molecule has 0 atom stereocenters. The van der Waals surface area contributed by atoms with Crippen LogP contribution >= 0.6 is 23.2 Å². The molecule has 0 radical (unpaired) electrons. The van der Waals surface area contributed by atoms with E-state index in [9.17, 15) is 0 Å². The van der Waals surface area contributed by atoms with Gasteiger partial charge in [0.15, 0.2) is 0 Å². The number of hydrazone groups is 1. The van der Waals surface area contributed by atoms with E-state index in [1.54, 1.807) is 11.1 Å². The Hall–Kier alpha value is -1.55. The molecule has 1 saturated heterocycles. The third-order valence-electron chi connectivity index (χ3n) is 4.09. The molecule has 120 valence electrons. The second kappa shape index (κ2) is 7.82. The first kappa shape index (κ1) is 16.3. The lowest BCUT2D eigenvalue weighted by molar-refractivity contribution is -0.918. The van der Waals surface area contributed by atoms with Crippen LogP contribution < -0.4 is 4.90 Å². The van der Waals surface area contributed by atoms with Gasteiger partial charge in [-0.15, -0.1) is 0 Å². The minimum absolute atomic E-state index is 0.634. The van der Waals surface area contributed by atoms with Crippen molar-refractivity contribution in [1.29, 1.82) is 0 Å². The zero-order valence-electron chi connectivity index (χ0n) is 12.9. The largest absolute Gasteiger partial charge is 0.328 e. The van der Waals surface area contributed by atoms with E-state index in [1.807, 2.05) is 18.2 Å². The number of rotatable bonds is 4. The van der Waals surface area contributed by atoms with Crippen LogP contribution in [-0.2, 0) is 6.54 Å². The molecule has 0 bridgehead atoms. The smallest absolute Gasteiger partial charge is 0.103 e. The Labute approximate surface area is 147 Å². The zero-order chi connectivity index (χ0) is 16.1. The monoisotopic (exact) mass is 348 g/mol. The van der Waals surface area contributed by atoms with E-state index < -0.39 is 0 Å². The number of hydrogen-bond acceptors (Lipinski definition) is 2. The Morgan fingerprint density at radius 1 is 0.957 bits per heavy atom. The van der Waals surface area contributed by atoms with Crippen molar-refractivity contribution in [2.45, 2.75) is 6.54 Å². The van der Waals surface area contributed by atoms with Gasteiger partial charge in [-0.2, -0.15) is 5.10 Å². The highest BCUT2D eigenvalue weighted by Crippen LogP contribution is 2.22. The Balaban J connectivity index is 1.54. The van der Waals surface area contributed by atoms with Crippen molar-refractivity contribution in [3.05, 3.63) is 69.7 Å². The maximum absolute atomic E-state index is 6.16. The van der Waals surface area contributed by atoms with Gasteiger partial charge in [0.2, 0.25) is 0 Å². The third-order valence-corrected chi connectivity index (χ3v) is 4.75. The molecule has 0 spiro atoms. The highest BCUT2D eigenvalue weighted by Gasteiger charge is 2.18. The van der Waals surface area contributed by atoms with Gasteiger partial charge in [-0.25, -0.2) is 0 Å². The van der Waals surface area contributed by atoms with E-state index in [1.165, 1.54) is 5.56 Å². The zero-order valence-corrected chi connectivity index (χ0v) is 14.4. The number of piperazine rings is 1. The summed E-state index contributed by atoms with van der Waals surface area (Å²) in [7, 11) is 0. The van der Waals surface area contributed by atoms with Crippen molar-refractivity contribution in [2.75, 3.05) is 26.2 Å². The summed E-state index contributed by atoms with van der Waals surface area (Å²) in [5.41, 5.74) is 2.18. The summed E-state index contributed by atoms with van der Waals surface area (Å²) in [5.74, 6) is 0. The van der Waals surface area contributed by atoms with Gasteiger partial charge in [-0.1, -0.05) is 59.6 Å². The molecule has 1 fully saturated rings. The SMILES string of the molecule is Clc1cccc(Cl)c1/C=N\N1CC[NH+](Cc2ccccc2)CC1. The fourth-order valence-electron chi connectivity index (χ4n) is 2.76. The van der Waals surface area contributed by atoms with Gasteiger partial charge in [-0.05, 0) is 12.1 Å². The third kappa shape index (κ3) is 4.47. The van der Waals surface area contributed by atoms with E-state index in [4.69, 9.17) is 23.2 Å². The molecular weight excluding hydrogens is 329 g/mol. The molecule has 0 saturated carbocycles. The lowest BCUT2D eigenvalue weighted by Crippen LogP contribution is -3.13. The molecule has 3 nitrogen and oxygen atoms in total. The Bertz CT molecular complexity index is 645. The normalized spacial score (nSPS) is 16.2.